The number of hydrogen-bond acceptors (Lipinski definition) is 3. The number of carbonyl (C=O) groups excluding carboxylic acids is 1. The third-order valence-electron chi connectivity index (χ3n) is 2.94. The highest BCUT2D eigenvalue weighted by Gasteiger charge is 2.18. The molecule has 0 saturated carbocycles. The molecule has 1 aromatic carbocycles. The maximum absolute atomic E-state index is 12.4. The number of aromatic nitrogens is 1. The quantitative estimate of drug-likeness (QED) is 0.933. The van der Waals surface area contributed by atoms with Crippen molar-refractivity contribution in [2.75, 3.05) is 6.54 Å². The molecule has 104 valence electrons. The highest BCUT2D eigenvalue weighted by Crippen LogP contribution is 2.24. The molecule has 1 heterocycles. The molecule has 0 spiro atoms. The van der Waals surface area contributed by atoms with Gasteiger partial charge in [-0.05, 0) is 37.3 Å². The Bertz CT molecular complexity index is 602. The summed E-state index contributed by atoms with van der Waals surface area (Å²) in [4.78, 5) is 18.3. The van der Waals surface area contributed by atoms with Crippen molar-refractivity contribution in [3.05, 3.63) is 58.3 Å². The first kappa shape index (κ1) is 14.5. The summed E-state index contributed by atoms with van der Waals surface area (Å²) < 4.78 is 0.735. The summed E-state index contributed by atoms with van der Waals surface area (Å²) >= 11 is 3.26. The number of aromatic hydroxyl groups is 1. The van der Waals surface area contributed by atoms with E-state index in [4.69, 9.17) is 0 Å². The topological polar surface area (TPSA) is 53.4 Å². The minimum absolute atomic E-state index is 0.0242. The fourth-order valence-electron chi connectivity index (χ4n) is 1.87. The molecular weight excluding hydrogens is 320 g/mol. The number of phenols is 1. The molecule has 2 aromatic rings. The van der Waals surface area contributed by atoms with Crippen molar-refractivity contribution in [2.24, 2.45) is 0 Å². The number of halogens is 1. The summed E-state index contributed by atoms with van der Waals surface area (Å²) in [6.45, 7) is 2.87. The van der Waals surface area contributed by atoms with Crippen molar-refractivity contribution in [2.45, 2.75) is 13.5 Å². The lowest BCUT2D eigenvalue weighted by Crippen LogP contribution is -2.30. The van der Waals surface area contributed by atoms with E-state index in [0.29, 0.717) is 18.7 Å². The van der Waals surface area contributed by atoms with E-state index >= 15 is 0 Å². The fraction of sp³-hybridized carbons (Fsp3) is 0.200. The number of rotatable bonds is 4. The average molecular weight is 335 g/mol. The smallest absolute Gasteiger partial charge is 0.257 e. The van der Waals surface area contributed by atoms with Gasteiger partial charge in [0.1, 0.15) is 5.75 Å². The van der Waals surface area contributed by atoms with E-state index in [1.54, 1.807) is 23.2 Å². The second-order valence-corrected chi connectivity index (χ2v) is 5.22. The van der Waals surface area contributed by atoms with Crippen LogP contribution in [0.3, 0.4) is 0 Å². The SMILES string of the molecule is CCN(Cc1ccccn1)C(=O)c1ccc(Br)cc1O. The van der Waals surface area contributed by atoms with Gasteiger partial charge in [0.25, 0.3) is 5.91 Å². The molecule has 1 N–H and O–H groups in total. The molecule has 0 aliphatic rings. The molecule has 2 rings (SSSR count). The Balaban J connectivity index is 2.21. The molecule has 1 amide bonds. The Hall–Kier alpha value is -1.88. The molecule has 0 radical (unpaired) electrons. The molecule has 0 saturated heterocycles. The molecule has 1 aromatic heterocycles. The van der Waals surface area contributed by atoms with E-state index in [-0.39, 0.29) is 11.7 Å². The molecule has 5 heteroatoms. The maximum Gasteiger partial charge on any atom is 0.257 e. The van der Waals surface area contributed by atoms with E-state index in [9.17, 15) is 9.90 Å². The van der Waals surface area contributed by atoms with Gasteiger partial charge in [-0.25, -0.2) is 0 Å². The van der Waals surface area contributed by atoms with Gasteiger partial charge in [0.15, 0.2) is 0 Å². The number of amides is 1. The molecule has 20 heavy (non-hydrogen) atoms. The normalized spacial score (nSPS) is 10.3. The van der Waals surface area contributed by atoms with Crippen LogP contribution in [0.4, 0.5) is 0 Å². The Labute approximate surface area is 126 Å². The van der Waals surface area contributed by atoms with Crippen molar-refractivity contribution in [1.29, 1.82) is 0 Å². The third-order valence-corrected chi connectivity index (χ3v) is 3.43. The van der Waals surface area contributed by atoms with E-state index in [2.05, 4.69) is 20.9 Å². The molecule has 0 atom stereocenters. The number of benzene rings is 1. The Kier molecular flexibility index (Phi) is 4.74. The van der Waals surface area contributed by atoms with Gasteiger partial charge in [-0.1, -0.05) is 22.0 Å². The largest absolute Gasteiger partial charge is 0.507 e. The highest BCUT2D eigenvalue weighted by molar-refractivity contribution is 9.10. The fourth-order valence-corrected chi connectivity index (χ4v) is 2.22. The minimum Gasteiger partial charge on any atom is -0.507 e. The van der Waals surface area contributed by atoms with Gasteiger partial charge in [-0.15, -0.1) is 0 Å². The minimum atomic E-state index is -0.205. The van der Waals surface area contributed by atoms with Crippen LogP contribution in [-0.4, -0.2) is 27.4 Å². The van der Waals surface area contributed by atoms with Crippen molar-refractivity contribution in [3.8, 4) is 5.75 Å². The van der Waals surface area contributed by atoms with Gasteiger partial charge in [0.2, 0.25) is 0 Å². The van der Waals surface area contributed by atoms with Crippen LogP contribution in [0, 0.1) is 0 Å². The van der Waals surface area contributed by atoms with Gasteiger partial charge in [-0.2, -0.15) is 0 Å². The van der Waals surface area contributed by atoms with Crippen LogP contribution in [0.1, 0.15) is 23.0 Å². The molecule has 0 fully saturated rings. The summed E-state index contributed by atoms with van der Waals surface area (Å²) in [6.07, 6.45) is 1.70. The zero-order valence-electron chi connectivity index (χ0n) is 11.1. The van der Waals surface area contributed by atoms with Gasteiger partial charge < -0.3 is 10.0 Å². The van der Waals surface area contributed by atoms with Gasteiger partial charge in [0, 0.05) is 17.2 Å². The molecular formula is C15H15BrN2O2. The predicted molar refractivity (Wildman–Crippen MR) is 80.5 cm³/mol. The van der Waals surface area contributed by atoms with E-state index in [1.165, 1.54) is 6.07 Å². The summed E-state index contributed by atoms with van der Waals surface area (Å²) in [6, 6.07) is 10.5. The standard InChI is InChI=1S/C15H15BrN2O2/c1-2-18(10-12-5-3-4-8-17-12)15(20)13-7-6-11(16)9-14(13)19/h3-9,19H,2,10H2,1H3. The summed E-state index contributed by atoms with van der Waals surface area (Å²) in [5.74, 6) is -0.230. The Morgan fingerprint density at radius 1 is 1.35 bits per heavy atom. The van der Waals surface area contributed by atoms with E-state index in [0.717, 1.165) is 10.2 Å². The van der Waals surface area contributed by atoms with E-state index in [1.807, 2.05) is 25.1 Å². The van der Waals surface area contributed by atoms with Gasteiger partial charge in [0.05, 0.1) is 17.8 Å². The first-order chi connectivity index (χ1) is 9.61. The Morgan fingerprint density at radius 2 is 2.15 bits per heavy atom. The van der Waals surface area contributed by atoms with Gasteiger partial charge >= 0.3 is 0 Å². The van der Waals surface area contributed by atoms with Crippen molar-refractivity contribution in [1.82, 2.24) is 9.88 Å². The lowest BCUT2D eigenvalue weighted by Gasteiger charge is -2.21. The highest BCUT2D eigenvalue weighted by atomic mass is 79.9. The molecule has 0 unspecified atom stereocenters. The number of nitrogens with zero attached hydrogens (tertiary/aromatic N) is 2. The lowest BCUT2D eigenvalue weighted by atomic mass is 10.1. The second kappa shape index (κ2) is 6.52. The number of pyridine rings is 1. The van der Waals surface area contributed by atoms with Crippen LogP contribution < -0.4 is 0 Å². The summed E-state index contributed by atoms with van der Waals surface area (Å²) in [5.41, 5.74) is 1.12. The zero-order valence-corrected chi connectivity index (χ0v) is 12.7. The van der Waals surface area contributed by atoms with Crippen molar-refractivity contribution < 1.29 is 9.90 Å². The molecule has 0 aliphatic carbocycles. The first-order valence-corrected chi connectivity index (χ1v) is 7.08. The summed E-state index contributed by atoms with van der Waals surface area (Å²) in [5, 5.41) is 9.88. The van der Waals surface area contributed by atoms with Crippen LogP contribution in [0.25, 0.3) is 0 Å². The van der Waals surface area contributed by atoms with Crippen molar-refractivity contribution >= 4 is 21.8 Å². The molecule has 0 bridgehead atoms. The number of phenolic OH excluding ortho intramolecular Hbond substituents is 1. The van der Waals surface area contributed by atoms with Crippen molar-refractivity contribution in [3.63, 3.8) is 0 Å². The van der Waals surface area contributed by atoms with E-state index < -0.39 is 0 Å². The Morgan fingerprint density at radius 3 is 2.75 bits per heavy atom. The van der Waals surface area contributed by atoms with Crippen LogP contribution in [0.2, 0.25) is 0 Å². The van der Waals surface area contributed by atoms with Crippen LogP contribution in [-0.2, 0) is 6.54 Å². The molecule has 4 nitrogen and oxygen atoms in total. The van der Waals surface area contributed by atoms with Gasteiger partial charge in [-0.3, -0.25) is 9.78 Å². The monoisotopic (exact) mass is 334 g/mol. The van der Waals surface area contributed by atoms with Crippen LogP contribution in [0.5, 0.6) is 5.75 Å². The third kappa shape index (κ3) is 3.36. The first-order valence-electron chi connectivity index (χ1n) is 6.29. The predicted octanol–water partition coefficient (Wildman–Crippen LogP) is 3.21. The lowest BCUT2D eigenvalue weighted by molar-refractivity contribution is 0.0747. The number of hydrogen-bond donors (Lipinski definition) is 1. The zero-order chi connectivity index (χ0) is 14.5. The second-order valence-electron chi connectivity index (χ2n) is 4.30. The average Bonchev–Trinajstić information content (AvgIpc) is 2.45. The summed E-state index contributed by atoms with van der Waals surface area (Å²) in [7, 11) is 0. The van der Waals surface area contributed by atoms with Crippen LogP contribution in [0.15, 0.2) is 47.1 Å². The van der Waals surface area contributed by atoms with Crippen LogP contribution >= 0.6 is 15.9 Å². The maximum atomic E-state index is 12.4. The molecule has 0 aliphatic heterocycles. The number of carbonyl (C=O) groups is 1.